The molecule has 1 fully saturated rings. The highest BCUT2D eigenvalue weighted by Gasteiger charge is 2.45. The van der Waals surface area contributed by atoms with Gasteiger partial charge in [0, 0.05) is 18.7 Å². The zero-order valence-corrected chi connectivity index (χ0v) is 18.8. The molecule has 164 valence electrons. The van der Waals surface area contributed by atoms with E-state index in [4.69, 9.17) is 4.74 Å². The number of aliphatic hydroxyl groups excluding tert-OH is 1. The van der Waals surface area contributed by atoms with Gasteiger partial charge in [-0.25, -0.2) is 0 Å². The number of hydrogen-bond donors (Lipinski definition) is 1. The van der Waals surface area contributed by atoms with Crippen LogP contribution in [0.1, 0.15) is 42.5 Å². The Hall–Kier alpha value is -3.12. The van der Waals surface area contributed by atoms with Crippen LogP contribution in [0, 0.1) is 0 Å². The molecule has 0 radical (unpaired) electrons. The minimum absolute atomic E-state index is 0.120. The fourth-order valence-corrected chi connectivity index (χ4v) is 3.89. The van der Waals surface area contributed by atoms with E-state index in [0.717, 1.165) is 16.9 Å². The predicted octanol–water partition coefficient (Wildman–Crippen LogP) is 3.80. The molecule has 1 saturated heterocycles. The van der Waals surface area contributed by atoms with Gasteiger partial charge in [0.05, 0.1) is 18.7 Å². The van der Waals surface area contributed by atoms with Gasteiger partial charge >= 0.3 is 0 Å². The minimum Gasteiger partial charge on any atom is -0.507 e. The van der Waals surface area contributed by atoms with Gasteiger partial charge in [0.15, 0.2) is 0 Å². The Morgan fingerprint density at radius 2 is 1.81 bits per heavy atom. The average Bonchev–Trinajstić information content (AvgIpc) is 3.02. The molecule has 3 rings (SSSR count). The lowest BCUT2D eigenvalue weighted by Crippen LogP contribution is -2.35. The number of likely N-dealkylation sites (N-methyl/N-ethyl adjacent to an activating group) is 1. The molecule has 1 aliphatic rings. The number of benzene rings is 2. The van der Waals surface area contributed by atoms with Crippen LogP contribution in [0.5, 0.6) is 5.75 Å². The van der Waals surface area contributed by atoms with E-state index >= 15 is 0 Å². The molecule has 1 amide bonds. The molecule has 31 heavy (non-hydrogen) atoms. The molecular weight excluding hydrogens is 392 g/mol. The van der Waals surface area contributed by atoms with E-state index in [9.17, 15) is 14.7 Å². The summed E-state index contributed by atoms with van der Waals surface area (Å²) in [6, 6.07) is 14.1. The van der Waals surface area contributed by atoms with Crippen LogP contribution in [0.25, 0.3) is 5.76 Å². The zero-order valence-electron chi connectivity index (χ0n) is 18.8. The first-order chi connectivity index (χ1) is 14.8. The topological polar surface area (TPSA) is 70.1 Å². The number of ketones is 1. The maximum Gasteiger partial charge on any atom is 0.295 e. The third-order valence-corrected chi connectivity index (χ3v) is 5.57. The number of ether oxygens (including phenoxy) is 1. The lowest BCUT2D eigenvalue weighted by atomic mass is 9.93. The summed E-state index contributed by atoms with van der Waals surface area (Å²) in [6.07, 6.45) is 0. The van der Waals surface area contributed by atoms with E-state index < -0.39 is 17.7 Å². The Morgan fingerprint density at radius 3 is 2.39 bits per heavy atom. The van der Waals surface area contributed by atoms with Crippen LogP contribution < -0.4 is 4.74 Å². The number of nitrogens with zero attached hydrogens (tertiary/aromatic N) is 2. The van der Waals surface area contributed by atoms with Crippen molar-refractivity contribution in [1.82, 2.24) is 9.80 Å². The Bertz CT molecular complexity index is 996. The van der Waals surface area contributed by atoms with Gasteiger partial charge in [0.25, 0.3) is 11.7 Å². The average molecular weight is 423 g/mol. The molecule has 0 spiro atoms. The number of rotatable bonds is 7. The lowest BCUT2D eigenvalue weighted by Gasteiger charge is -2.26. The number of methoxy groups -OCH3 is 1. The number of hydrogen-bond acceptors (Lipinski definition) is 5. The largest absolute Gasteiger partial charge is 0.507 e. The number of carbonyl (C=O) groups excluding carboxylic acids is 2. The van der Waals surface area contributed by atoms with Crippen molar-refractivity contribution < 1.29 is 19.4 Å². The summed E-state index contributed by atoms with van der Waals surface area (Å²) in [6.45, 7) is 5.06. The van der Waals surface area contributed by atoms with Gasteiger partial charge < -0.3 is 19.6 Å². The van der Waals surface area contributed by atoms with Crippen LogP contribution >= 0.6 is 0 Å². The molecule has 2 aromatic rings. The minimum atomic E-state index is -0.660. The molecule has 6 heteroatoms. The highest BCUT2D eigenvalue weighted by molar-refractivity contribution is 6.46. The number of aliphatic hydroxyl groups is 1. The van der Waals surface area contributed by atoms with E-state index in [2.05, 4.69) is 0 Å². The van der Waals surface area contributed by atoms with Crippen LogP contribution in [0.4, 0.5) is 0 Å². The number of Topliss-reactive ketones (excluding diaryl/α,β-unsaturated/α-hetero) is 1. The summed E-state index contributed by atoms with van der Waals surface area (Å²) < 4.78 is 5.44. The van der Waals surface area contributed by atoms with Gasteiger partial charge in [-0.15, -0.1) is 0 Å². The second kappa shape index (κ2) is 9.35. The molecule has 1 atom stereocenters. The predicted molar refractivity (Wildman–Crippen MR) is 121 cm³/mol. The second-order valence-corrected chi connectivity index (χ2v) is 8.32. The van der Waals surface area contributed by atoms with Gasteiger partial charge in [-0.1, -0.05) is 44.2 Å². The maximum absolute atomic E-state index is 13.1. The van der Waals surface area contributed by atoms with Crippen molar-refractivity contribution in [3.63, 3.8) is 0 Å². The molecule has 0 bridgehead atoms. The Balaban J connectivity index is 2.16. The molecule has 0 aromatic heterocycles. The summed E-state index contributed by atoms with van der Waals surface area (Å²) in [7, 11) is 5.43. The van der Waals surface area contributed by atoms with Gasteiger partial charge in [-0.2, -0.15) is 0 Å². The Labute approximate surface area is 183 Å². The van der Waals surface area contributed by atoms with E-state index in [1.54, 1.807) is 24.1 Å². The maximum atomic E-state index is 13.1. The zero-order chi connectivity index (χ0) is 22.7. The summed E-state index contributed by atoms with van der Waals surface area (Å²) in [5, 5.41) is 11.2. The van der Waals surface area contributed by atoms with Crippen molar-refractivity contribution in [2.75, 3.05) is 34.3 Å². The standard InChI is InChI=1S/C25H30N2O4/c1-16(2)19-15-18(11-12-20(19)31-5)23(28)21-22(17-9-7-6-8-10-17)27(14-13-26(3)4)25(30)24(21)29/h6-12,15-16,22,28H,13-14H2,1-5H3/b23-21-. The number of carbonyl (C=O) groups is 2. The number of amides is 1. The third kappa shape index (κ3) is 4.49. The highest BCUT2D eigenvalue weighted by atomic mass is 16.5. The summed E-state index contributed by atoms with van der Waals surface area (Å²) in [4.78, 5) is 29.5. The normalized spacial score (nSPS) is 18.3. The van der Waals surface area contributed by atoms with E-state index in [1.807, 2.05) is 69.2 Å². The molecule has 1 N–H and O–H groups in total. The first-order valence-corrected chi connectivity index (χ1v) is 10.4. The van der Waals surface area contributed by atoms with Crippen LogP contribution in [0.3, 0.4) is 0 Å². The third-order valence-electron chi connectivity index (χ3n) is 5.57. The van der Waals surface area contributed by atoms with Crippen LogP contribution in [-0.4, -0.2) is 60.9 Å². The van der Waals surface area contributed by atoms with Gasteiger partial charge in [-0.05, 0) is 49.3 Å². The SMILES string of the molecule is COc1ccc(/C(O)=C2/C(=O)C(=O)N(CCN(C)C)C2c2ccccc2)cc1C(C)C. The second-order valence-electron chi connectivity index (χ2n) is 8.32. The van der Waals surface area contributed by atoms with Crippen LogP contribution in [-0.2, 0) is 9.59 Å². The van der Waals surface area contributed by atoms with E-state index in [-0.39, 0.29) is 17.3 Å². The molecule has 1 heterocycles. The van der Waals surface area contributed by atoms with Crippen molar-refractivity contribution in [2.45, 2.75) is 25.8 Å². The lowest BCUT2D eigenvalue weighted by molar-refractivity contribution is -0.140. The van der Waals surface area contributed by atoms with Gasteiger partial charge in [0.2, 0.25) is 0 Å². The van der Waals surface area contributed by atoms with Crippen molar-refractivity contribution in [3.8, 4) is 5.75 Å². The van der Waals surface area contributed by atoms with Crippen LogP contribution in [0.15, 0.2) is 54.1 Å². The molecule has 1 aliphatic heterocycles. The van der Waals surface area contributed by atoms with Gasteiger partial charge in [0.1, 0.15) is 11.5 Å². The molecule has 1 unspecified atom stereocenters. The molecule has 0 aliphatic carbocycles. The van der Waals surface area contributed by atoms with E-state index in [0.29, 0.717) is 18.7 Å². The number of likely N-dealkylation sites (tertiary alicyclic amines) is 1. The molecule has 2 aromatic carbocycles. The summed E-state index contributed by atoms with van der Waals surface area (Å²) in [5.41, 5.74) is 2.33. The first kappa shape index (κ1) is 22.6. The molecular formula is C25H30N2O4. The van der Waals surface area contributed by atoms with Crippen molar-refractivity contribution in [2.24, 2.45) is 0 Å². The Morgan fingerprint density at radius 1 is 1.13 bits per heavy atom. The van der Waals surface area contributed by atoms with Crippen molar-refractivity contribution in [3.05, 3.63) is 70.8 Å². The summed E-state index contributed by atoms with van der Waals surface area (Å²) in [5.74, 6) is -0.529. The van der Waals surface area contributed by atoms with Gasteiger partial charge in [-0.3, -0.25) is 9.59 Å². The highest BCUT2D eigenvalue weighted by Crippen LogP contribution is 2.40. The van der Waals surface area contributed by atoms with Crippen molar-refractivity contribution >= 4 is 17.4 Å². The first-order valence-electron chi connectivity index (χ1n) is 10.4. The fraction of sp³-hybridized carbons (Fsp3) is 0.360. The Kier molecular flexibility index (Phi) is 6.81. The molecule has 0 saturated carbocycles. The molecule has 6 nitrogen and oxygen atoms in total. The van der Waals surface area contributed by atoms with Crippen molar-refractivity contribution in [1.29, 1.82) is 0 Å². The smallest absolute Gasteiger partial charge is 0.295 e. The fourth-order valence-electron chi connectivity index (χ4n) is 3.89. The summed E-state index contributed by atoms with van der Waals surface area (Å²) >= 11 is 0. The quantitative estimate of drug-likeness (QED) is 0.418. The van der Waals surface area contributed by atoms with E-state index in [1.165, 1.54) is 0 Å². The van der Waals surface area contributed by atoms with Crippen LogP contribution in [0.2, 0.25) is 0 Å². The monoisotopic (exact) mass is 422 g/mol.